The predicted molar refractivity (Wildman–Crippen MR) is 63.1 cm³/mol. The van der Waals surface area contributed by atoms with Crippen LogP contribution in [0.1, 0.15) is 0 Å². The average molecular weight is 310 g/mol. The van der Waals surface area contributed by atoms with E-state index in [4.69, 9.17) is 23.2 Å². The fourth-order valence-electron chi connectivity index (χ4n) is 0.951. The van der Waals surface area contributed by atoms with Gasteiger partial charge in [0, 0.05) is 10.0 Å². The zero-order valence-electron chi connectivity index (χ0n) is 6.67. The van der Waals surface area contributed by atoms with Crippen molar-refractivity contribution in [1.82, 2.24) is 10.2 Å². The highest BCUT2D eigenvalue weighted by Gasteiger charge is 2.06. The molecule has 2 nitrogen and oxygen atoms in total. The molecule has 1 aromatic heterocycles. The van der Waals surface area contributed by atoms with Crippen LogP contribution in [0.5, 0.6) is 0 Å². The second kappa shape index (κ2) is 4.14. The fraction of sp³-hybridized carbons (Fsp3) is 0. The average Bonchev–Trinajstić information content (AvgIpc) is 2.57. The maximum absolute atomic E-state index is 5.87. The molecule has 2 rings (SSSR count). The number of hydrogen-bond donors (Lipinski definition) is 0. The molecule has 0 saturated heterocycles. The van der Waals surface area contributed by atoms with Crippen LogP contribution >= 0.6 is 50.5 Å². The van der Waals surface area contributed by atoms with Gasteiger partial charge in [-0.2, -0.15) is 0 Å². The molecule has 0 aliphatic rings. The Morgan fingerprint density at radius 3 is 2.57 bits per heavy atom. The van der Waals surface area contributed by atoms with E-state index >= 15 is 0 Å². The molecule has 14 heavy (non-hydrogen) atoms. The number of aromatic nitrogens is 2. The van der Waals surface area contributed by atoms with Gasteiger partial charge < -0.3 is 0 Å². The summed E-state index contributed by atoms with van der Waals surface area (Å²) in [6, 6.07) is 5.57. The van der Waals surface area contributed by atoms with Gasteiger partial charge in [-0.05, 0) is 39.7 Å². The Morgan fingerprint density at radius 2 is 2.00 bits per heavy atom. The standard InChI is InChI=1S/C8H3BrCl2N2S/c9-5-3-4(1-2-6(5)10)7-12-13-8(11)14-7/h1-3H. The van der Waals surface area contributed by atoms with Crippen LogP contribution in [0.15, 0.2) is 22.7 Å². The summed E-state index contributed by atoms with van der Waals surface area (Å²) in [5.74, 6) is 0. The van der Waals surface area contributed by atoms with Crippen LogP contribution in [0, 0.1) is 0 Å². The van der Waals surface area contributed by atoms with Crippen LogP contribution < -0.4 is 0 Å². The minimum Gasteiger partial charge on any atom is -0.137 e. The molecule has 1 heterocycles. The monoisotopic (exact) mass is 308 g/mol. The summed E-state index contributed by atoms with van der Waals surface area (Å²) < 4.78 is 1.27. The lowest BCUT2D eigenvalue weighted by Crippen LogP contribution is -1.77. The van der Waals surface area contributed by atoms with Crippen LogP contribution in [0.4, 0.5) is 0 Å². The van der Waals surface area contributed by atoms with E-state index in [0.29, 0.717) is 9.49 Å². The minimum absolute atomic E-state index is 0.436. The summed E-state index contributed by atoms with van der Waals surface area (Å²) in [6.45, 7) is 0. The van der Waals surface area contributed by atoms with Gasteiger partial charge in [-0.25, -0.2) is 0 Å². The SMILES string of the molecule is Clc1nnc(-c2ccc(Cl)c(Br)c2)s1. The zero-order valence-corrected chi connectivity index (χ0v) is 10.6. The van der Waals surface area contributed by atoms with Gasteiger partial charge in [-0.15, -0.1) is 10.2 Å². The van der Waals surface area contributed by atoms with Gasteiger partial charge in [0.15, 0.2) is 0 Å². The van der Waals surface area contributed by atoms with Crippen molar-refractivity contribution in [1.29, 1.82) is 0 Å². The van der Waals surface area contributed by atoms with Gasteiger partial charge in [-0.1, -0.05) is 29.0 Å². The Kier molecular flexibility index (Phi) is 3.07. The van der Waals surface area contributed by atoms with E-state index in [-0.39, 0.29) is 0 Å². The van der Waals surface area contributed by atoms with Gasteiger partial charge in [0.05, 0.1) is 5.02 Å². The second-order valence-corrected chi connectivity index (χ2v) is 5.31. The van der Waals surface area contributed by atoms with Crippen LogP contribution in [-0.4, -0.2) is 10.2 Å². The third-order valence-corrected chi connectivity index (χ3v) is 3.85. The maximum atomic E-state index is 5.87. The van der Waals surface area contributed by atoms with Gasteiger partial charge in [0.2, 0.25) is 4.47 Å². The first-order valence-corrected chi connectivity index (χ1v) is 5.98. The van der Waals surface area contributed by atoms with E-state index in [1.165, 1.54) is 11.3 Å². The van der Waals surface area contributed by atoms with E-state index < -0.39 is 0 Å². The number of nitrogens with zero attached hydrogens (tertiary/aromatic N) is 2. The van der Waals surface area contributed by atoms with E-state index in [2.05, 4.69) is 26.1 Å². The third-order valence-electron chi connectivity index (χ3n) is 1.57. The van der Waals surface area contributed by atoms with Crippen molar-refractivity contribution >= 4 is 50.5 Å². The first-order valence-electron chi connectivity index (χ1n) is 3.61. The number of rotatable bonds is 1. The molecule has 1 aromatic carbocycles. The van der Waals surface area contributed by atoms with Crippen LogP contribution in [0.25, 0.3) is 10.6 Å². The van der Waals surface area contributed by atoms with Crippen molar-refractivity contribution in [3.05, 3.63) is 32.2 Å². The molecule has 0 atom stereocenters. The van der Waals surface area contributed by atoms with E-state index in [1.54, 1.807) is 6.07 Å². The highest BCUT2D eigenvalue weighted by molar-refractivity contribution is 9.10. The van der Waals surface area contributed by atoms with Crippen molar-refractivity contribution < 1.29 is 0 Å². The quantitative estimate of drug-likeness (QED) is 0.786. The van der Waals surface area contributed by atoms with Crippen molar-refractivity contribution in [2.75, 3.05) is 0 Å². The molecule has 0 saturated carbocycles. The summed E-state index contributed by atoms with van der Waals surface area (Å²) >= 11 is 16.2. The van der Waals surface area contributed by atoms with E-state index in [9.17, 15) is 0 Å². The Morgan fingerprint density at radius 1 is 1.21 bits per heavy atom. The maximum Gasteiger partial charge on any atom is 0.207 e. The Balaban J connectivity index is 2.47. The molecule has 0 bridgehead atoms. The van der Waals surface area contributed by atoms with Crippen molar-refractivity contribution in [3.63, 3.8) is 0 Å². The van der Waals surface area contributed by atoms with Crippen LogP contribution in [0.3, 0.4) is 0 Å². The van der Waals surface area contributed by atoms with Crippen LogP contribution in [-0.2, 0) is 0 Å². The Hall–Kier alpha value is -0.160. The van der Waals surface area contributed by atoms with E-state index in [0.717, 1.165) is 15.0 Å². The molecule has 0 spiro atoms. The Bertz CT molecular complexity index is 472. The van der Waals surface area contributed by atoms with Crippen molar-refractivity contribution in [2.24, 2.45) is 0 Å². The topological polar surface area (TPSA) is 25.8 Å². The molecule has 2 aromatic rings. The molecular formula is C8H3BrCl2N2S. The third kappa shape index (κ3) is 2.08. The molecule has 0 N–H and O–H groups in total. The lowest BCUT2D eigenvalue weighted by atomic mass is 10.2. The molecule has 0 radical (unpaired) electrons. The molecule has 0 aliphatic heterocycles. The summed E-state index contributed by atoms with van der Waals surface area (Å²) in [6.07, 6.45) is 0. The molecule has 0 fully saturated rings. The first-order chi connectivity index (χ1) is 6.66. The van der Waals surface area contributed by atoms with E-state index in [1.807, 2.05) is 12.1 Å². The molecule has 6 heteroatoms. The normalized spacial score (nSPS) is 10.5. The molecule has 0 aliphatic carbocycles. The van der Waals surface area contributed by atoms with Gasteiger partial charge >= 0.3 is 0 Å². The van der Waals surface area contributed by atoms with Crippen molar-refractivity contribution in [2.45, 2.75) is 0 Å². The molecule has 0 unspecified atom stereocenters. The lowest BCUT2D eigenvalue weighted by Gasteiger charge is -1.98. The van der Waals surface area contributed by atoms with Crippen molar-refractivity contribution in [3.8, 4) is 10.6 Å². The summed E-state index contributed by atoms with van der Waals surface area (Å²) in [5, 5.41) is 9.12. The number of hydrogen-bond acceptors (Lipinski definition) is 3. The second-order valence-electron chi connectivity index (χ2n) is 2.49. The lowest BCUT2D eigenvalue weighted by molar-refractivity contribution is 1.10. The highest BCUT2D eigenvalue weighted by Crippen LogP contribution is 2.31. The van der Waals surface area contributed by atoms with Gasteiger partial charge in [0.25, 0.3) is 0 Å². The number of halogens is 3. The smallest absolute Gasteiger partial charge is 0.137 e. The summed E-state index contributed by atoms with van der Waals surface area (Å²) in [5.41, 5.74) is 0.950. The summed E-state index contributed by atoms with van der Waals surface area (Å²) in [4.78, 5) is 0. The fourth-order valence-corrected chi connectivity index (χ4v) is 2.27. The predicted octanol–water partition coefficient (Wildman–Crippen LogP) is 4.27. The number of benzene rings is 1. The Labute approximate surface area is 103 Å². The summed E-state index contributed by atoms with van der Waals surface area (Å²) in [7, 11) is 0. The highest BCUT2D eigenvalue weighted by atomic mass is 79.9. The zero-order chi connectivity index (χ0) is 10.1. The first kappa shape index (κ1) is 10.4. The van der Waals surface area contributed by atoms with Crippen LogP contribution in [0.2, 0.25) is 9.49 Å². The molecule has 72 valence electrons. The molecular weight excluding hydrogens is 307 g/mol. The minimum atomic E-state index is 0.436. The largest absolute Gasteiger partial charge is 0.207 e. The van der Waals surface area contributed by atoms with Gasteiger partial charge in [-0.3, -0.25) is 0 Å². The molecule has 0 amide bonds. The van der Waals surface area contributed by atoms with Gasteiger partial charge in [0.1, 0.15) is 5.01 Å².